The second-order valence-electron chi connectivity index (χ2n) is 5.17. The molecule has 0 unspecified atom stereocenters. The van der Waals surface area contributed by atoms with Crippen molar-refractivity contribution in [3.8, 4) is 0 Å². The van der Waals surface area contributed by atoms with Crippen LogP contribution in [0.15, 0.2) is 30.4 Å². The lowest BCUT2D eigenvalue weighted by atomic mass is 9.78. The summed E-state index contributed by atoms with van der Waals surface area (Å²) in [7, 11) is 1.68. The van der Waals surface area contributed by atoms with Crippen molar-refractivity contribution in [1.29, 1.82) is 0 Å². The zero-order chi connectivity index (χ0) is 13.7. The zero-order valence-corrected chi connectivity index (χ0v) is 11.2. The standard InChI is InChI=1S/C16H20F2O/c1-19-10-2-3-12-4-6-13(7-5-12)14-8-9-15(17)16(18)11-14/h2-3,8-9,11-13H,4-7,10H2,1H3. The van der Waals surface area contributed by atoms with Crippen LogP contribution in [0.2, 0.25) is 0 Å². The van der Waals surface area contributed by atoms with Crippen molar-refractivity contribution in [2.24, 2.45) is 5.92 Å². The predicted octanol–water partition coefficient (Wildman–Crippen LogP) is 4.44. The number of hydrogen-bond acceptors (Lipinski definition) is 1. The lowest BCUT2D eigenvalue weighted by molar-refractivity contribution is 0.233. The Morgan fingerprint density at radius 1 is 1.16 bits per heavy atom. The van der Waals surface area contributed by atoms with Gasteiger partial charge in [0.2, 0.25) is 0 Å². The summed E-state index contributed by atoms with van der Waals surface area (Å²) in [4.78, 5) is 0. The highest BCUT2D eigenvalue weighted by molar-refractivity contribution is 5.22. The number of ether oxygens (including phenoxy) is 1. The maximum Gasteiger partial charge on any atom is 0.159 e. The maximum atomic E-state index is 13.2. The fraction of sp³-hybridized carbons (Fsp3) is 0.500. The van der Waals surface area contributed by atoms with Gasteiger partial charge in [0.1, 0.15) is 0 Å². The second-order valence-corrected chi connectivity index (χ2v) is 5.17. The fourth-order valence-electron chi connectivity index (χ4n) is 2.76. The van der Waals surface area contributed by atoms with Gasteiger partial charge in [-0.1, -0.05) is 18.2 Å². The lowest BCUT2D eigenvalue weighted by Gasteiger charge is -2.27. The first-order chi connectivity index (χ1) is 9.20. The van der Waals surface area contributed by atoms with Crippen LogP contribution >= 0.6 is 0 Å². The van der Waals surface area contributed by atoms with Crippen LogP contribution in [-0.4, -0.2) is 13.7 Å². The van der Waals surface area contributed by atoms with E-state index in [0.717, 1.165) is 31.2 Å². The Balaban J connectivity index is 1.90. The molecule has 0 heterocycles. The van der Waals surface area contributed by atoms with Crippen LogP contribution in [0.4, 0.5) is 8.78 Å². The molecule has 1 aliphatic rings. The fourth-order valence-corrected chi connectivity index (χ4v) is 2.76. The smallest absolute Gasteiger partial charge is 0.159 e. The minimum absolute atomic E-state index is 0.363. The van der Waals surface area contributed by atoms with Gasteiger partial charge < -0.3 is 4.74 Å². The molecule has 3 heteroatoms. The normalized spacial score (nSPS) is 23.9. The number of allylic oxidation sites excluding steroid dienone is 1. The van der Waals surface area contributed by atoms with Crippen molar-refractivity contribution in [3.63, 3.8) is 0 Å². The summed E-state index contributed by atoms with van der Waals surface area (Å²) in [6, 6.07) is 4.29. The van der Waals surface area contributed by atoms with E-state index in [4.69, 9.17) is 4.74 Å². The molecule has 1 fully saturated rings. The molecule has 1 saturated carbocycles. The molecule has 2 rings (SSSR count). The highest BCUT2D eigenvalue weighted by atomic mass is 19.2. The highest BCUT2D eigenvalue weighted by Crippen LogP contribution is 2.36. The molecule has 1 aliphatic carbocycles. The summed E-state index contributed by atoms with van der Waals surface area (Å²) in [6.07, 6.45) is 8.54. The Morgan fingerprint density at radius 2 is 1.89 bits per heavy atom. The van der Waals surface area contributed by atoms with E-state index >= 15 is 0 Å². The van der Waals surface area contributed by atoms with E-state index in [-0.39, 0.29) is 0 Å². The molecule has 104 valence electrons. The van der Waals surface area contributed by atoms with E-state index in [9.17, 15) is 8.78 Å². The van der Waals surface area contributed by atoms with Gasteiger partial charge in [-0.15, -0.1) is 0 Å². The topological polar surface area (TPSA) is 9.23 Å². The van der Waals surface area contributed by atoms with E-state index < -0.39 is 11.6 Å². The van der Waals surface area contributed by atoms with Gasteiger partial charge in [0, 0.05) is 7.11 Å². The molecule has 0 N–H and O–H groups in total. The SMILES string of the molecule is COCC=CC1CCC(c2ccc(F)c(F)c2)CC1. The molecular formula is C16H20F2O. The van der Waals surface area contributed by atoms with E-state index in [2.05, 4.69) is 12.2 Å². The van der Waals surface area contributed by atoms with Gasteiger partial charge >= 0.3 is 0 Å². The molecule has 0 bridgehead atoms. The summed E-state index contributed by atoms with van der Waals surface area (Å²) in [5.74, 6) is -0.543. The summed E-state index contributed by atoms with van der Waals surface area (Å²) >= 11 is 0. The van der Waals surface area contributed by atoms with Crippen LogP contribution in [0, 0.1) is 17.6 Å². The first-order valence-electron chi connectivity index (χ1n) is 6.81. The van der Waals surface area contributed by atoms with Gasteiger partial charge in [-0.05, 0) is 55.2 Å². The van der Waals surface area contributed by atoms with Gasteiger partial charge in [-0.25, -0.2) is 8.78 Å². The van der Waals surface area contributed by atoms with Crippen LogP contribution in [0.25, 0.3) is 0 Å². The van der Waals surface area contributed by atoms with E-state index in [1.54, 1.807) is 13.2 Å². The predicted molar refractivity (Wildman–Crippen MR) is 72.1 cm³/mol. The molecule has 0 atom stereocenters. The molecule has 0 aliphatic heterocycles. The second kappa shape index (κ2) is 6.80. The monoisotopic (exact) mass is 266 g/mol. The Bertz CT molecular complexity index is 434. The number of benzene rings is 1. The molecule has 1 nitrogen and oxygen atoms in total. The minimum atomic E-state index is -0.764. The average Bonchev–Trinajstić information content (AvgIpc) is 2.43. The van der Waals surface area contributed by atoms with E-state index in [1.165, 1.54) is 12.1 Å². The van der Waals surface area contributed by atoms with Gasteiger partial charge in [-0.2, -0.15) is 0 Å². The van der Waals surface area contributed by atoms with Crippen LogP contribution in [-0.2, 0) is 4.74 Å². The average molecular weight is 266 g/mol. The summed E-state index contributed by atoms with van der Waals surface area (Å²) < 4.78 is 31.1. The molecule has 0 saturated heterocycles. The van der Waals surface area contributed by atoms with Crippen LogP contribution in [0.3, 0.4) is 0 Å². The largest absolute Gasteiger partial charge is 0.381 e. The van der Waals surface area contributed by atoms with Crippen molar-refractivity contribution in [3.05, 3.63) is 47.5 Å². The highest BCUT2D eigenvalue weighted by Gasteiger charge is 2.21. The van der Waals surface area contributed by atoms with E-state index in [0.29, 0.717) is 18.4 Å². The molecule has 19 heavy (non-hydrogen) atoms. The Morgan fingerprint density at radius 3 is 2.53 bits per heavy atom. The van der Waals surface area contributed by atoms with Crippen molar-refractivity contribution >= 4 is 0 Å². The third-order valence-corrected chi connectivity index (χ3v) is 3.86. The van der Waals surface area contributed by atoms with Crippen LogP contribution < -0.4 is 0 Å². The Hall–Kier alpha value is -1.22. The molecule has 1 aromatic carbocycles. The molecule has 0 spiro atoms. The summed E-state index contributed by atoms with van der Waals surface area (Å²) in [5, 5.41) is 0. The first kappa shape index (κ1) is 14.2. The minimum Gasteiger partial charge on any atom is -0.381 e. The van der Waals surface area contributed by atoms with Gasteiger partial charge in [0.25, 0.3) is 0 Å². The molecular weight excluding hydrogens is 246 g/mol. The number of halogens is 2. The number of rotatable bonds is 4. The van der Waals surface area contributed by atoms with Crippen molar-refractivity contribution in [1.82, 2.24) is 0 Å². The third kappa shape index (κ3) is 3.87. The van der Waals surface area contributed by atoms with Crippen LogP contribution in [0.5, 0.6) is 0 Å². The molecule has 0 radical (unpaired) electrons. The van der Waals surface area contributed by atoms with Crippen molar-refractivity contribution in [2.45, 2.75) is 31.6 Å². The zero-order valence-electron chi connectivity index (χ0n) is 11.2. The summed E-state index contributed by atoms with van der Waals surface area (Å²) in [5.41, 5.74) is 0.929. The van der Waals surface area contributed by atoms with Crippen LogP contribution in [0.1, 0.15) is 37.2 Å². The van der Waals surface area contributed by atoms with Crippen molar-refractivity contribution < 1.29 is 13.5 Å². The number of hydrogen-bond donors (Lipinski definition) is 0. The summed E-state index contributed by atoms with van der Waals surface area (Å²) in [6.45, 7) is 0.656. The molecule has 0 aromatic heterocycles. The Kier molecular flexibility index (Phi) is 5.08. The quantitative estimate of drug-likeness (QED) is 0.732. The van der Waals surface area contributed by atoms with E-state index in [1.807, 2.05) is 0 Å². The third-order valence-electron chi connectivity index (χ3n) is 3.86. The first-order valence-corrected chi connectivity index (χ1v) is 6.81. The Labute approximate surface area is 113 Å². The molecule has 0 amide bonds. The van der Waals surface area contributed by atoms with Crippen molar-refractivity contribution in [2.75, 3.05) is 13.7 Å². The maximum absolute atomic E-state index is 13.2. The van der Waals surface area contributed by atoms with Gasteiger partial charge in [-0.3, -0.25) is 0 Å². The lowest BCUT2D eigenvalue weighted by Crippen LogP contribution is -2.12. The van der Waals surface area contributed by atoms with Gasteiger partial charge in [0.15, 0.2) is 11.6 Å². The number of methoxy groups -OCH3 is 1. The van der Waals surface area contributed by atoms with Gasteiger partial charge in [0.05, 0.1) is 6.61 Å². The molecule has 1 aromatic rings.